The molecule has 2 heterocycles. The second kappa shape index (κ2) is 9.19. The fourth-order valence-corrected chi connectivity index (χ4v) is 4.57. The van der Waals surface area contributed by atoms with Crippen LogP contribution < -0.4 is 20.7 Å². The van der Waals surface area contributed by atoms with E-state index in [1.54, 1.807) is 12.1 Å². The number of methoxy groups -OCH3 is 1. The second-order valence-corrected chi connectivity index (χ2v) is 10.4. The summed E-state index contributed by atoms with van der Waals surface area (Å²) in [6.45, 7) is 6.62. The molecule has 1 amide bonds. The summed E-state index contributed by atoms with van der Waals surface area (Å²) < 4.78 is 36.2. The van der Waals surface area contributed by atoms with E-state index in [1.807, 2.05) is 25.7 Å². The van der Waals surface area contributed by atoms with Crippen molar-refractivity contribution in [1.82, 2.24) is 15.3 Å². The number of rotatable bonds is 5. The van der Waals surface area contributed by atoms with Crippen LogP contribution in [0.25, 0.3) is 0 Å². The molecule has 0 unspecified atom stereocenters. The highest BCUT2D eigenvalue weighted by Gasteiger charge is 2.27. The van der Waals surface area contributed by atoms with Crippen LogP contribution >= 0.6 is 0 Å². The lowest BCUT2D eigenvalue weighted by atomic mass is 10.1. The van der Waals surface area contributed by atoms with Crippen molar-refractivity contribution in [3.8, 4) is 5.75 Å². The number of anilines is 2. The minimum atomic E-state index is -3.86. The molecule has 1 saturated heterocycles. The highest BCUT2D eigenvalue weighted by molar-refractivity contribution is 7.91. The van der Waals surface area contributed by atoms with Crippen LogP contribution in [-0.4, -0.2) is 56.3 Å². The molecular weight excluding hydrogens is 434 g/mol. The molecule has 1 aliphatic heterocycles. The third kappa shape index (κ3) is 5.58. The molecule has 0 aliphatic carbocycles. The number of nitrogens with two attached hydrogens (primary N) is 1. The lowest BCUT2D eigenvalue weighted by molar-refractivity contribution is 0.0497. The highest BCUT2D eigenvalue weighted by atomic mass is 32.2. The van der Waals surface area contributed by atoms with Crippen LogP contribution in [0.2, 0.25) is 0 Å². The van der Waals surface area contributed by atoms with E-state index in [0.717, 1.165) is 0 Å². The zero-order chi connectivity index (χ0) is 23.5. The molecule has 11 heteroatoms. The Morgan fingerprint density at radius 1 is 1.19 bits per heavy atom. The largest absolute Gasteiger partial charge is 0.497 e. The number of carbonyl (C=O) groups excluding carboxylic acids is 1. The summed E-state index contributed by atoms with van der Waals surface area (Å²) in [6.07, 6.45) is 2.15. The standard InChI is InChI=1S/C21H29N5O5S/c1-21(2,3)31-20(27)24-14-9-11-26(12-10-14)19-23-13-17(18(22)25-19)32(28,29)16-7-5-15(30-4)6-8-16/h5-8,13-14H,9-12H2,1-4H3,(H,24,27)(H2,22,23,25). The van der Waals surface area contributed by atoms with Gasteiger partial charge in [0.15, 0.2) is 0 Å². The number of amides is 1. The van der Waals surface area contributed by atoms with E-state index in [1.165, 1.54) is 25.4 Å². The minimum absolute atomic E-state index is 0.0202. The van der Waals surface area contributed by atoms with Crippen LogP contribution in [0.3, 0.4) is 0 Å². The van der Waals surface area contributed by atoms with E-state index in [2.05, 4.69) is 15.3 Å². The lowest BCUT2D eigenvalue weighted by Crippen LogP contribution is -2.46. The molecule has 2 aromatic rings. The molecule has 0 radical (unpaired) electrons. The molecule has 1 fully saturated rings. The van der Waals surface area contributed by atoms with E-state index in [9.17, 15) is 13.2 Å². The number of carbonyl (C=O) groups is 1. The van der Waals surface area contributed by atoms with Gasteiger partial charge < -0.3 is 25.4 Å². The van der Waals surface area contributed by atoms with E-state index < -0.39 is 21.5 Å². The lowest BCUT2D eigenvalue weighted by Gasteiger charge is -2.32. The monoisotopic (exact) mass is 463 g/mol. The van der Waals surface area contributed by atoms with Gasteiger partial charge in [-0.1, -0.05) is 0 Å². The first-order chi connectivity index (χ1) is 15.0. The first-order valence-corrected chi connectivity index (χ1v) is 11.7. The molecule has 3 N–H and O–H groups in total. The van der Waals surface area contributed by atoms with Crippen molar-refractivity contribution in [3.05, 3.63) is 30.5 Å². The van der Waals surface area contributed by atoms with Gasteiger partial charge in [-0.2, -0.15) is 4.98 Å². The molecular formula is C21H29N5O5S. The smallest absolute Gasteiger partial charge is 0.407 e. The summed E-state index contributed by atoms with van der Waals surface area (Å²) in [5, 5.41) is 2.87. The summed E-state index contributed by atoms with van der Waals surface area (Å²) in [4.78, 5) is 22.3. The Kier molecular flexibility index (Phi) is 6.77. The molecule has 1 aromatic carbocycles. The topological polar surface area (TPSA) is 137 Å². The van der Waals surface area contributed by atoms with Gasteiger partial charge in [-0.3, -0.25) is 0 Å². The number of alkyl carbamates (subject to hydrolysis) is 1. The van der Waals surface area contributed by atoms with Gasteiger partial charge >= 0.3 is 6.09 Å². The number of ether oxygens (including phenoxy) is 2. The number of nitrogens with one attached hydrogen (secondary N) is 1. The first kappa shape index (κ1) is 23.6. The maximum absolute atomic E-state index is 12.9. The molecule has 3 rings (SSSR count). The normalized spacial score (nSPS) is 15.3. The van der Waals surface area contributed by atoms with Gasteiger partial charge in [-0.15, -0.1) is 0 Å². The number of piperidine rings is 1. The average Bonchev–Trinajstić information content (AvgIpc) is 2.72. The number of aromatic nitrogens is 2. The molecule has 1 aromatic heterocycles. The molecule has 1 aliphatic rings. The molecule has 174 valence electrons. The van der Waals surface area contributed by atoms with Crippen molar-refractivity contribution in [3.63, 3.8) is 0 Å². The summed E-state index contributed by atoms with van der Waals surface area (Å²) in [7, 11) is -2.36. The van der Waals surface area contributed by atoms with Crippen LogP contribution in [0.1, 0.15) is 33.6 Å². The quantitative estimate of drug-likeness (QED) is 0.684. The van der Waals surface area contributed by atoms with Gasteiger partial charge in [0.25, 0.3) is 0 Å². The summed E-state index contributed by atoms with van der Waals surface area (Å²) in [6, 6.07) is 6.00. The Bertz CT molecular complexity index is 1060. The zero-order valence-electron chi connectivity index (χ0n) is 18.7. The maximum Gasteiger partial charge on any atom is 0.407 e. The first-order valence-electron chi connectivity index (χ1n) is 10.3. The number of benzene rings is 1. The molecule has 0 saturated carbocycles. The van der Waals surface area contributed by atoms with Gasteiger partial charge in [-0.05, 0) is 57.9 Å². The Balaban J connectivity index is 1.66. The molecule has 0 bridgehead atoms. The van der Waals surface area contributed by atoms with Crippen LogP contribution in [0.4, 0.5) is 16.6 Å². The zero-order valence-corrected chi connectivity index (χ0v) is 19.5. The summed E-state index contributed by atoms with van der Waals surface area (Å²) in [5.41, 5.74) is 5.45. The third-order valence-electron chi connectivity index (χ3n) is 4.93. The van der Waals surface area contributed by atoms with Crippen LogP contribution in [0.5, 0.6) is 5.75 Å². The molecule has 10 nitrogen and oxygen atoms in total. The van der Waals surface area contributed by atoms with E-state index >= 15 is 0 Å². The average molecular weight is 464 g/mol. The summed E-state index contributed by atoms with van der Waals surface area (Å²) in [5.74, 6) is 0.791. The van der Waals surface area contributed by atoms with Gasteiger partial charge in [0, 0.05) is 19.1 Å². The Morgan fingerprint density at radius 2 is 1.81 bits per heavy atom. The number of sulfone groups is 1. The number of hydrogen-bond donors (Lipinski definition) is 2. The predicted octanol–water partition coefficient (Wildman–Crippen LogP) is 2.39. The number of nitrogens with zero attached hydrogens (tertiary/aromatic N) is 3. The van der Waals surface area contributed by atoms with Crippen LogP contribution in [0, 0.1) is 0 Å². The highest BCUT2D eigenvalue weighted by Crippen LogP contribution is 2.27. The maximum atomic E-state index is 12.9. The van der Waals surface area contributed by atoms with Crippen molar-refractivity contribution in [1.29, 1.82) is 0 Å². The Hall–Kier alpha value is -3.08. The van der Waals surface area contributed by atoms with E-state index in [4.69, 9.17) is 15.2 Å². The molecule has 0 spiro atoms. The van der Waals surface area contributed by atoms with Gasteiger partial charge in [-0.25, -0.2) is 18.2 Å². The Morgan fingerprint density at radius 3 is 2.34 bits per heavy atom. The van der Waals surface area contributed by atoms with Gasteiger partial charge in [0.1, 0.15) is 22.1 Å². The van der Waals surface area contributed by atoms with Crippen molar-refractivity contribution in [2.24, 2.45) is 0 Å². The molecule has 0 atom stereocenters. The fourth-order valence-electron chi connectivity index (χ4n) is 3.31. The Labute approximate surface area is 188 Å². The van der Waals surface area contributed by atoms with E-state index in [0.29, 0.717) is 37.6 Å². The van der Waals surface area contributed by atoms with Crippen LogP contribution in [-0.2, 0) is 14.6 Å². The van der Waals surface area contributed by atoms with Gasteiger partial charge in [0.05, 0.1) is 18.2 Å². The second-order valence-electron chi connectivity index (χ2n) is 8.51. The van der Waals surface area contributed by atoms with Crippen molar-refractivity contribution in [2.75, 3.05) is 30.8 Å². The number of hydrogen-bond acceptors (Lipinski definition) is 9. The third-order valence-corrected chi connectivity index (χ3v) is 6.71. The number of nitrogen functional groups attached to an aromatic ring is 1. The van der Waals surface area contributed by atoms with Crippen molar-refractivity contribution >= 4 is 27.7 Å². The fraction of sp³-hybridized carbons (Fsp3) is 0.476. The SMILES string of the molecule is COc1ccc(S(=O)(=O)c2cnc(N3CCC(NC(=O)OC(C)(C)C)CC3)nc2N)cc1. The van der Waals surface area contributed by atoms with Gasteiger partial charge in [0.2, 0.25) is 15.8 Å². The molecule has 32 heavy (non-hydrogen) atoms. The van der Waals surface area contributed by atoms with Crippen molar-refractivity contribution < 1.29 is 22.7 Å². The predicted molar refractivity (Wildman–Crippen MR) is 119 cm³/mol. The van der Waals surface area contributed by atoms with Crippen molar-refractivity contribution in [2.45, 2.75) is 55.0 Å². The summed E-state index contributed by atoms with van der Waals surface area (Å²) >= 11 is 0. The minimum Gasteiger partial charge on any atom is -0.497 e. The van der Waals surface area contributed by atoms with Crippen LogP contribution in [0.15, 0.2) is 40.3 Å². The van der Waals surface area contributed by atoms with E-state index in [-0.39, 0.29) is 21.7 Å².